The van der Waals surface area contributed by atoms with E-state index in [-0.39, 0.29) is 18.4 Å². The second-order valence-electron chi connectivity index (χ2n) is 6.70. The average Bonchev–Trinajstić information content (AvgIpc) is 2.81. The number of nitrogens with one attached hydrogen (secondary N) is 2. The van der Waals surface area contributed by atoms with Crippen molar-refractivity contribution in [2.45, 2.75) is 25.4 Å². The number of fused-ring (bicyclic) bond motifs is 1. The highest BCUT2D eigenvalue weighted by molar-refractivity contribution is 6.30. The summed E-state index contributed by atoms with van der Waals surface area (Å²) in [4.78, 5) is 27.1. The van der Waals surface area contributed by atoms with Crippen molar-refractivity contribution in [3.63, 3.8) is 0 Å². The van der Waals surface area contributed by atoms with Crippen LogP contribution in [0.5, 0.6) is 5.75 Å². The highest BCUT2D eigenvalue weighted by atomic mass is 35.5. The van der Waals surface area contributed by atoms with E-state index < -0.39 is 6.04 Å². The first-order chi connectivity index (χ1) is 13.5. The molecular weight excluding hydrogens is 378 g/mol. The predicted octanol–water partition coefficient (Wildman–Crippen LogP) is 2.53. The summed E-state index contributed by atoms with van der Waals surface area (Å²) < 4.78 is 5.45. The molecule has 28 heavy (non-hydrogen) atoms. The van der Waals surface area contributed by atoms with Crippen LogP contribution in [-0.2, 0) is 22.6 Å². The average molecular weight is 402 g/mol. The molecule has 2 amide bonds. The van der Waals surface area contributed by atoms with E-state index in [0.717, 1.165) is 16.8 Å². The van der Waals surface area contributed by atoms with E-state index in [9.17, 15) is 9.59 Å². The predicted molar refractivity (Wildman–Crippen MR) is 110 cm³/mol. The lowest BCUT2D eigenvalue weighted by molar-refractivity contribution is -0.127. The van der Waals surface area contributed by atoms with Crippen LogP contribution < -0.4 is 20.3 Å². The monoisotopic (exact) mass is 401 g/mol. The summed E-state index contributed by atoms with van der Waals surface area (Å²) in [6.07, 6.45) is 1.26. The molecule has 0 bridgehead atoms. The largest absolute Gasteiger partial charge is 0.496 e. The minimum atomic E-state index is -0.577. The molecule has 2 N–H and O–H groups in total. The van der Waals surface area contributed by atoms with Crippen LogP contribution in [0.3, 0.4) is 0 Å². The van der Waals surface area contributed by atoms with Crippen LogP contribution in [0.15, 0.2) is 42.5 Å². The summed E-state index contributed by atoms with van der Waals surface area (Å²) in [7, 11) is 3.28. The van der Waals surface area contributed by atoms with E-state index in [0.29, 0.717) is 30.2 Å². The van der Waals surface area contributed by atoms with Crippen LogP contribution in [0.4, 0.5) is 5.69 Å². The molecule has 3 rings (SSSR count). The van der Waals surface area contributed by atoms with Crippen molar-refractivity contribution in [3.8, 4) is 5.75 Å². The van der Waals surface area contributed by atoms with E-state index >= 15 is 0 Å². The summed E-state index contributed by atoms with van der Waals surface area (Å²) in [6, 6.07) is 12.6. The Morgan fingerprint density at radius 3 is 2.82 bits per heavy atom. The molecule has 0 spiro atoms. The third-order valence-corrected chi connectivity index (χ3v) is 5.03. The number of hydrogen-bond acceptors (Lipinski definition) is 4. The second kappa shape index (κ2) is 9.08. The van der Waals surface area contributed by atoms with Gasteiger partial charge in [-0.1, -0.05) is 35.9 Å². The molecule has 2 aromatic rings. The molecule has 7 heteroatoms. The number of benzene rings is 2. The number of anilines is 1. The first-order valence-electron chi connectivity index (χ1n) is 9.19. The molecule has 1 heterocycles. The molecule has 148 valence electrons. The number of carbonyl (C=O) groups excluding carboxylic acids is 2. The van der Waals surface area contributed by atoms with Crippen molar-refractivity contribution in [3.05, 3.63) is 58.6 Å². The van der Waals surface area contributed by atoms with Gasteiger partial charge in [0.1, 0.15) is 11.8 Å². The Morgan fingerprint density at radius 2 is 2.07 bits per heavy atom. The molecule has 0 radical (unpaired) electrons. The number of nitrogens with zero attached hydrogens (tertiary/aromatic N) is 1. The Hall–Kier alpha value is -2.57. The lowest BCUT2D eigenvalue weighted by Crippen LogP contribution is -2.49. The van der Waals surface area contributed by atoms with Gasteiger partial charge in [0.25, 0.3) is 0 Å². The molecule has 0 saturated carbocycles. The van der Waals surface area contributed by atoms with Crippen LogP contribution in [0.2, 0.25) is 5.02 Å². The fourth-order valence-corrected chi connectivity index (χ4v) is 3.60. The Kier molecular flexibility index (Phi) is 6.54. The summed E-state index contributed by atoms with van der Waals surface area (Å²) >= 11 is 6.07. The van der Waals surface area contributed by atoms with Gasteiger partial charge in [-0.25, -0.2) is 0 Å². The molecule has 2 aromatic carbocycles. The molecule has 6 nitrogen and oxygen atoms in total. The third-order valence-electron chi connectivity index (χ3n) is 4.80. The summed E-state index contributed by atoms with van der Waals surface area (Å²) in [6.45, 7) is 0.496. The molecule has 1 aliphatic heterocycles. The summed E-state index contributed by atoms with van der Waals surface area (Å²) in [5, 5.41) is 6.23. The molecule has 0 fully saturated rings. The van der Waals surface area contributed by atoms with Gasteiger partial charge < -0.3 is 20.3 Å². The zero-order valence-electron chi connectivity index (χ0n) is 16.0. The van der Waals surface area contributed by atoms with Gasteiger partial charge in [-0.15, -0.1) is 0 Å². The molecule has 1 aliphatic rings. The van der Waals surface area contributed by atoms with Gasteiger partial charge >= 0.3 is 0 Å². The number of rotatable bonds is 6. The fraction of sp³-hybridized carbons (Fsp3) is 0.333. The minimum absolute atomic E-state index is 0.133. The van der Waals surface area contributed by atoms with Crippen LogP contribution in [0, 0.1) is 0 Å². The number of para-hydroxylation sites is 1. The minimum Gasteiger partial charge on any atom is -0.496 e. The van der Waals surface area contributed by atoms with E-state index in [1.807, 2.05) is 30.3 Å². The number of methoxy groups -OCH3 is 1. The maximum Gasteiger partial charge on any atom is 0.249 e. The smallest absolute Gasteiger partial charge is 0.249 e. The number of likely N-dealkylation sites (N-methyl/N-ethyl adjacent to an activating group) is 1. The first kappa shape index (κ1) is 20.2. The number of amides is 2. The van der Waals surface area contributed by atoms with Crippen LogP contribution >= 0.6 is 11.6 Å². The van der Waals surface area contributed by atoms with Crippen LogP contribution in [-0.4, -0.2) is 38.6 Å². The summed E-state index contributed by atoms with van der Waals surface area (Å²) in [5.41, 5.74) is 2.78. The number of ether oxygens (including phenoxy) is 1. The van der Waals surface area contributed by atoms with Crippen molar-refractivity contribution in [2.75, 3.05) is 25.6 Å². The Labute approximate surface area is 169 Å². The number of aryl methyl sites for hydroxylation is 1. The van der Waals surface area contributed by atoms with Crippen LogP contribution in [0.1, 0.15) is 17.5 Å². The van der Waals surface area contributed by atoms with E-state index in [1.165, 1.54) is 0 Å². The number of hydrogen-bond donors (Lipinski definition) is 2. The van der Waals surface area contributed by atoms with Crippen molar-refractivity contribution >= 4 is 29.1 Å². The lowest BCUT2D eigenvalue weighted by Gasteiger charge is -2.27. The lowest BCUT2D eigenvalue weighted by atomic mass is 10.1. The quantitative estimate of drug-likeness (QED) is 0.780. The molecule has 1 atom stereocenters. The topological polar surface area (TPSA) is 70.7 Å². The van der Waals surface area contributed by atoms with Gasteiger partial charge in [0.15, 0.2) is 0 Å². The van der Waals surface area contributed by atoms with Crippen molar-refractivity contribution in [2.24, 2.45) is 0 Å². The first-order valence-corrected chi connectivity index (χ1v) is 9.57. The van der Waals surface area contributed by atoms with Gasteiger partial charge in [-0.2, -0.15) is 0 Å². The zero-order chi connectivity index (χ0) is 20.1. The van der Waals surface area contributed by atoms with E-state index in [1.54, 1.807) is 31.2 Å². The van der Waals surface area contributed by atoms with Gasteiger partial charge in [0.2, 0.25) is 11.8 Å². The molecule has 1 unspecified atom stereocenters. The molecule has 0 saturated heterocycles. The number of carbonyl (C=O) groups is 2. The zero-order valence-corrected chi connectivity index (χ0v) is 16.8. The maximum absolute atomic E-state index is 13.3. The van der Waals surface area contributed by atoms with Gasteiger partial charge in [-0.3, -0.25) is 9.59 Å². The van der Waals surface area contributed by atoms with Crippen molar-refractivity contribution in [1.29, 1.82) is 0 Å². The SMILES string of the molecule is CNCC(=O)NC1CCc2ccccc2N(Cc2ccc(Cl)cc2OC)C1=O. The highest BCUT2D eigenvalue weighted by Crippen LogP contribution is 2.31. The highest BCUT2D eigenvalue weighted by Gasteiger charge is 2.31. The standard InChI is InChI=1S/C21H24ClN3O3/c1-23-12-20(26)24-17-10-8-14-5-3-4-6-18(14)25(21(17)27)13-15-7-9-16(22)11-19(15)28-2/h3-7,9,11,17,23H,8,10,12-13H2,1-2H3,(H,24,26). The maximum atomic E-state index is 13.3. The second-order valence-corrected chi connectivity index (χ2v) is 7.13. The van der Waals surface area contributed by atoms with Crippen LogP contribution in [0.25, 0.3) is 0 Å². The third kappa shape index (κ3) is 4.46. The summed E-state index contributed by atoms with van der Waals surface area (Å²) in [5.74, 6) is 0.292. The Bertz CT molecular complexity index is 872. The normalized spacial score (nSPS) is 16.3. The van der Waals surface area contributed by atoms with E-state index in [2.05, 4.69) is 10.6 Å². The Morgan fingerprint density at radius 1 is 1.29 bits per heavy atom. The van der Waals surface area contributed by atoms with Crippen molar-refractivity contribution < 1.29 is 14.3 Å². The van der Waals surface area contributed by atoms with Gasteiger partial charge in [-0.05, 0) is 43.7 Å². The Balaban J connectivity index is 1.95. The van der Waals surface area contributed by atoms with Crippen molar-refractivity contribution in [1.82, 2.24) is 10.6 Å². The molecule has 0 aromatic heterocycles. The number of halogens is 1. The van der Waals surface area contributed by atoms with E-state index in [4.69, 9.17) is 16.3 Å². The fourth-order valence-electron chi connectivity index (χ4n) is 3.44. The van der Waals surface area contributed by atoms with Gasteiger partial charge in [0, 0.05) is 16.3 Å². The molecular formula is C21H24ClN3O3. The molecule has 0 aliphatic carbocycles. The van der Waals surface area contributed by atoms with Gasteiger partial charge in [0.05, 0.1) is 20.2 Å².